The minimum absolute atomic E-state index is 0.410. The maximum Gasteiger partial charge on any atom is 0.343 e. The molecule has 0 aliphatic heterocycles. The molecule has 0 spiro atoms. The molecule has 0 bridgehead atoms. The quantitative estimate of drug-likeness (QED) is 0.0577. The van der Waals surface area contributed by atoms with Crippen LogP contribution in [0.1, 0.15) is 83.7 Å². The molecule has 0 heterocycles. The number of allylic oxidation sites excluding steroid dienone is 4. The van der Waals surface area contributed by atoms with Crippen LogP contribution in [0.5, 0.6) is 17.2 Å². The van der Waals surface area contributed by atoms with Gasteiger partial charge in [-0.15, -0.1) is 0 Å². The van der Waals surface area contributed by atoms with Crippen molar-refractivity contribution in [1.29, 1.82) is 0 Å². The van der Waals surface area contributed by atoms with Gasteiger partial charge in [0.15, 0.2) is 0 Å². The second kappa shape index (κ2) is 16.7. The van der Waals surface area contributed by atoms with Crippen molar-refractivity contribution in [2.75, 3.05) is 6.61 Å². The van der Waals surface area contributed by atoms with E-state index in [1.54, 1.807) is 79.0 Å². The maximum absolute atomic E-state index is 12.6. The molecule has 4 aromatic carbocycles. The highest BCUT2D eigenvalue weighted by molar-refractivity contribution is 5.92. The van der Waals surface area contributed by atoms with E-state index < -0.39 is 11.9 Å². The van der Waals surface area contributed by atoms with Gasteiger partial charge in [-0.25, -0.2) is 9.59 Å². The van der Waals surface area contributed by atoms with E-state index in [9.17, 15) is 9.59 Å². The van der Waals surface area contributed by atoms with Crippen molar-refractivity contribution in [3.63, 3.8) is 0 Å². The molecular formula is C40H39NO5. The lowest BCUT2D eigenvalue weighted by molar-refractivity contribution is 0.0725. The molecule has 0 fully saturated rings. The molecular weight excluding hydrogens is 574 g/mol. The highest BCUT2D eigenvalue weighted by Crippen LogP contribution is 2.24. The van der Waals surface area contributed by atoms with Gasteiger partial charge in [-0.1, -0.05) is 69.4 Å². The number of esters is 2. The number of aliphatic imine (C=N–C) groups is 1. The number of hydrogen-bond donors (Lipinski definition) is 0. The van der Waals surface area contributed by atoms with Gasteiger partial charge in [0.25, 0.3) is 0 Å². The lowest BCUT2D eigenvalue weighted by atomic mass is 10.0. The van der Waals surface area contributed by atoms with E-state index in [-0.39, 0.29) is 0 Å². The molecule has 1 aliphatic carbocycles. The lowest BCUT2D eigenvalue weighted by Gasteiger charge is -2.08. The predicted molar refractivity (Wildman–Crippen MR) is 184 cm³/mol. The Morgan fingerprint density at radius 2 is 1.24 bits per heavy atom. The molecule has 0 unspecified atom stereocenters. The van der Waals surface area contributed by atoms with Crippen LogP contribution in [0.4, 0.5) is 5.69 Å². The molecule has 1 aliphatic rings. The van der Waals surface area contributed by atoms with E-state index in [0.29, 0.717) is 34.9 Å². The zero-order valence-corrected chi connectivity index (χ0v) is 26.2. The number of carbonyl (C=O) groups excluding carboxylic acids is 2. The average molecular weight is 614 g/mol. The van der Waals surface area contributed by atoms with Crippen LogP contribution in [-0.4, -0.2) is 24.8 Å². The van der Waals surface area contributed by atoms with Crippen LogP contribution < -0.4 is 14.2 Å². The number of rotatable bonds is 15. The van der Waals surface area contributed by atoms with E-state index in [1.807, 2.05) is 30.3 Å². The van der Waals surface area contributed by atoms with E-state index in [1.165, 1.54) is 37.7 Å². The van der Waals surface area contributed by atoms with Crippen LogP contribution in [0.15, 0.2) is 120 Å². The van der Waals surface area contributed by atoms with Crippen LogP contribution in [-0.2, 0) is 0 Å². The fourth-order valence-corrected chi connectivity index (χ4v) is 4.94. The first-order chi connectivity index (χ1) is 22.6. The Kier molecular flexibility index (Phi) is 11.7. The van der Waals surface area contributed by atoms with Crippen molar-refractivity contribution in [2.24, 2.45) is 4.99 Å². The van der Waals surface area contributed by atoms with Crippen molar-refractivity contribution in [1.82, 2.24) is 0 Å². The Morgan fingerprint density at radius 1 is 0.674 bits per heavy atom. The molecule has 46 heavy (non-hydrogen) atoms. The molecule has 0 N–H and O–H groups in total. The molecule has 0 aromatic heterocycles. The number of nitrogens with zero attached hydrogens (tertiary/aromatic N) is 1. The van der Waals surface area contributed by atoms with Gasteiger partial charge in [0, 0.05) is 6.21 Å². The van der Waals surface area contributed by atoms with Gasteiger partial charge in [0.05, 0.1) is 23.4 Å². The van der Waals surface area contributed by atoms with Gasteiger partial charge in [-0.2, -0.15) is 0 Å². The SMILES string of the molecule is CCCCCCCCOc1ccc(C(=O)Oc2ccc(C=Nc3ccc(OC(=O)c4ccc(C5=CC=CC5)cc4)cc3)cc2)cc1. The standard InChI is InChI=1S/C40H39NO5/c1-2-3-4-5-6-9-28-44-36-24-18-34(19-25-36)40(43)45-37-22-12-30(13-23-37)29-41-35-20-26-38(27-21-35)46-39(42)33-16-14-32(15-17-33)31-10-7-8-11-31/h7-8,10,12-27,29H,2-6,9,11,28H2,1H3. The van der Waals surface area contributed by atoms with E-state index >= 15 is 0 Å². The van der Waals surface area contributed by atoms with Crippen molar-refractivity contribution >= 4 is 29.4 Å². The monoisotopic (exact) mass is 613 g/mol. The topological polar surface area (TPSA) is 74.2 Å². The summed E-state index contributed by atoms with van der Waals surface area (Å²) in [5.74, 6) is 0.796. The van der Waals surface area contributed by atoms with Crippen molar-refractivity contribution < 1.29 is 23.8 Å². The zero-order valence-electron chi connectivity index (χ0n) is 26.2. The van der Waals surface area contributed by atoms with Gasteiger partial charge in [0.2, 0.25) is 0 Å². The second-order valence-electron chi connectivity index (χ2n) is 11.1. The van der Waals surface area contributed by atoms with Crippen LogP contribution in [0, 0.1) is 0 Å². The van der Waals surface area contributed by atoms with Crippen molar-refractivity contribution in [3.8, 4) is 17.2 Å². The molecule has 6 heteroatoms. The molecule has 0 atom stereocenters. The summed E-state index contributed by atoms with van der Waals surface area (Å²) in [5, 5.41) is 0. The van der Waals surface area contributed by atoms with Crippen molar-refractivity contribution in [3.05, 3.63) is 138 Å². The maximum atomic E-state index is 12.6. The van der Waals surface area contributed by atoms with Gasteiger partial charge in [-0.3, -0.25) is 4.99 Å². The summed E-state index contributed by atoms with van der Waals surface area (Å²) in [6.07, 6.45) is 16.1. The van der Waals surface area contributed by atoms with Gasteiger partial charge >= 0.3 is 11.9 Å². The summed E-state index contributed by atoms with van der Waals surface area (Å²) >= 11 is 0. The summed E-state index contributed by atoms with van der Waals surface area (Å²) in [5.41, 5.74) is 4.84. The van der Waals surface area contributed by atoms with E-state index in [2.05, 4.69) is 24.1 Å². The normalized spacial score (nSPS) is 12.2. The van der Waals surface area contributed by atoms with Crippen LogP contribution >= 0.6 is 0 Å². The number of ether oxygens (including phenoxy) is 3. The molecule has 0 radical (unpaired) electrons. The minimum Gasteiger partial charge on any atom is -0.494 e. The molecule has 234 valence electrons. The summed E-state index contributed by atoms with van der Waals surface area (Å²) in [6, 6.07) is 28.6. The van der Waals surface area contributed by atoms with E-state index in [0.717, 1.165) is 29.7 Å². The molecule has 5 rings (SSSR count). The Labute approximate surface area is 271 Å². The Hall–Kier alpha value is -5.23. The summed E-state index contributed by atoms with van der Waals surface area (Å²) in [4.78, 5) is 29.7. The highest BCUT2D eigenvalue weighted by atomic mass is 16.5. The smallest absolute Gasteiger partial charge is 0.343 e. The van der Waals surface area contributed by atoms with Gasteiger partial charge in [-0.05, 0) is 114 Å². The molecule has 0 saturated carbocycles. The van der Waals surface area contributed by atoms with Crippen LogP contribution in [0.2, 0.25) is 0 Å². The summed E-state index contributed by atoms with van der Waals surface area (Å²) in [7, 11) is 0. The fourth-order valence-electron chi connectivity index (χ4n) is 4.94. The Balaban J connectivity index is 1.05. The highest BCUT2D eigenvalue weighted by Gasteiger charge is 2.11. The zero-order chi connectivity index (χ0) is 32.0. The first-order valence-corrected chi connectivity index (χ1v) is 15.9. The number of carbonyl (C=O) groups is 2. The lowest BCUT2D eigenvalue weighted by Crippen LogP contribution is -2.08. The molecule has 0 saturated heterocycles. The number of hydrogen-bond acceptors (Lipinski definition) is 6. The summed E-state index contributed by atoms with van der Waals surface area (Å²) < 4.78 is 16.9. The Morgan fingerprint density at radius 3 is 1.85 bits per heavy atom. The average Bonchev–Trinajstić information content (AvgIpc) is 3.64. The second-order valence-corrected chi connectivity index (χ2v) is 11.1. The minimum atomic E-state index is -0.430. The van der Waals surface area contributed by atoms with Crippen LogP contribution in [0.25, 0.3) is 5.57 Å². The third kappa shape index (κ3) is 9.63. The van der Waals surface area contributed by atoms with Crippen LogP contribution in [0.3, 0.4) is 0 Å². The fraction of sp³-hybridized carbons (Fsp3) is 0.225. The first-order valence-electron chi connectivity index (χ1n) is 15.9. The number of unbranched alkanes of at least 4 members (excludes halogenated alkanes) is 5. The first kappa shape index (κ1) is 32.2. The Bertz CT molecular complexity index is 1670. The molecule has 6 nitrogen and oxygen atoms in total. The third-order valence-corrected chi connectivity index (χ3v) is 7.62. The molecule has 0 amide bonds. The van der Waals surface area contributed by atoms with Crippen molar-refractivity contribution in [2.45, 2.75) is 51.9 Å². The number of benzene rings is 4. The third-order valence-electron chi connectivity index (χ3n) is 7.62. The predicted octanol–water partition coefficient (Wildman–Crippen LogP) is 9.96. The molecule has 4 aromatic rings. The van der Waals surface area contributed by atoms with E-state index in [4.69, 9.17) is 14.2 Å². The largest absolute Gasteiger partial charge is 0.494 e. The van der Waals surface area contributed by atoms with Gasteiger partial charge < -0.3 is 14.2 Å². The summed E-state index contributed by atoms with van der Waals surface area (Å²) in [6.45, 7) is 2.90. The van der Waals surface area contributed by atoms with Gasteiger partial charge in [0.1, 0.15) is 17.2 Å².